The number of hydrogen-bond donors (Lipinski definition) is 0. The molecular weight excluding hydrogens is 374 g/mol. The molecule has 3 rings (SSSR count). The van der Waals surface area contributed by atoms with Crippen LogP contribution in [0, 0.1) is 6.92 Å². The standard InChI is InChI=1S/C24H33N5O/c1-7-17(3)18(4)14-21(25-6)22-15-23(30)29-16-20(13-19(5)24(29)26-22)28-11-9-27(8-2)10-12-28/h13-16H,3,7-12H2,1-2,4-6H3/b18-14+,25-21?. The molecule has 1 aliphatic rings. The zero-order valence-electron chi connectivity index (χ0n) is 18.9. The SMILES string of the molecule is C=C(CC)/C(C)=C/C(=NC)c1cc(=O)n2cc(N3CCN(CC)CC3)cc(C)c2n1. The number of nitrogens with zero attached hydrogens (tertiary/aromatic N) is 5. The van der Waals surface area contributed by atoms with E-state index in [4.69, 9.17) is 4.98 Å². The highest BCUT2D eigenvalue weighted by molar-refractivity contribution is 6.08. The van der Waals surface area contributed by atoms with Crippen LogP contribution in [0.5, 0.6) is 0 Å². The summed E-state index contributed by atoms with van der Waals surface area (Å²) in [5.74, 6) is 0. The van der Waals surface area contributed by atoms with Crippen molar-refractivity contribution in [3.63, 3.8) is 0 Å². The fraction of sp³-hybridized carbons (Fsp3) is 0.458. The van der Waals surface area contributed by atoms with Crippen molar-refractivity contribution >= 4 is 17.0 Å². The largest absolute Gasteiger partial charge is 0.368 e. The molecule has 0 amide bonds. The summed E-state index contributed by atoms with van der Waals surface area (Å²) in [4.78, 5) is 26.9. The van der Waals surface area contributed by atoms with Crippen molar-refractivity contribution < 1.29 is 0 Å². The van der Waals surface area contributed by atoms with Crippen LogP contribution in [-0.2, 0) is 0 Å². The van der Waals surface area contributed by atoms with Gasteiger partial charge in [0.15, 0.2) is 0 Å². The van der Waals surface area contributed by atoms with Crippen LogP contribution in [-0.4, -0.2) is 59.8 Å². The Morgan fingerprint density at radius 3 is 2.53 bits per heavy atom. The summed E-state index contributed by atoms with van der Waals surface area (Å²) in [6, 6.07) is 3.71. The first-order chi connectivity index (χ1) is 14.4. The summed E-state index contributed by atoms with van der Waals surface area (Å²) in [5.41, 5.74) is 6.05. The van der Waals surface area contributed by atoms with Crippen LogP contribution >= 0.6 is 0 Å². The van der Waals surface area contributed by atoms with Crippen LogP contribution in [0.25, 0.3) is 5.65 Å². The molecule has 6 heteroatoms. The molecule has 0 aromatic carbocycles. The van der Waals surface area contributed by atoms with Crippen LogP contribution in [0.4, 0.5) is 5.69 Å². The van der Waals surface area contributed by atoms with E-state index >= 15 is 0 Å². The number of aromatic nitrogens is 2. The number of piperazine rings is 1. The van der Waals surface area contributed by atoms with Crippen LogP contribution in [0.2, 0.25) is 0 Å². The van der Waals surface area contributed by atoms with E-state index in [1.165, 1.54) is 0 Å². The first kappa shape index (κ1) is 22.0. The molecule has 1 aliphatic heterocycles. The van der Waals surface area contributed by atoms with E-state index < -0.39 is 0 Å². The molecule has 0 aliphatic carbocycles. The van der Waals surface area contributed by atoms with Gasteiger partial charge in [-0.25, -0.2) is 4.98 Å². The van der Waals surface area contributed by atoms with Crippen molar-refractivity contribution in [1.29, 1.82) is 0 Å². The van der Waals surface area contributed by atoms with Gasteiger partial charge in [-0.15, -0.1) is 0 Å². The lowest BCUT2D eigenvalue weighted by Crippen LogP contribution is -2.46. The number of anilines is 1. The summed E-state index contributed by atoms with van der Waals surface area (Å²) in [6.07, 6.45) is 4.76. The first-order valence-electron chi connectivity index (χ1n) is 10.7. The Hall–Kier alpha value is -2.73. The predicted octanol–water partition coefficient (Wildman–Crippen LogP) is 3.48. The van der Waals surface area contributed by atoms with E-state index in [-0.39, 0.29) is 5.56 Å². The fourth-order valence-electron chi connectivity index (χ4n) is 3.82. The number of likely N-dealkylation sites (N-methyl/N-ethyl adjacent to an activating group) is 1. The molecule has 0 unspecified atom stereocenters. The monoisotopic (exact) mass is 407 g/mol. The number of rotatable bonds is 6. The topological polar surface area (TPSA) is 53.2 Å². The van der Waals surface area contributed by atoms with Gasteiger partial charge in [-0.1, -0.05) is 26.0 Å². The Labute approximate surface area is 179 Å². The molecule has 0 radical (unpaired) electrons. The van der Waals surface area contributed by atoms with Crippen LogP contribution in [0.1, 0.15) is 38.4 Å². The minimum atomic E-state index is -0.0892. The van der Waals surface area contributed by atoms with Crippen molar-refractivity contribution in [2.45, 2.75) is 34.1 Å². The average molecular weight is 408 g/mol. The Balaban J connectivity index is 2.00. The average Bonchev–Trinajstić information content (AvgIpc) is 2.77. The molecule has 2 aromatic heterocycles. The summed E-state index contributed by atoms with van der Waals surface area (Å²) in [5, 5.41) is 0. The van der Waals surface area contributed by atoms with E-state index in [1.54, 1.807) is 17.5 Å². The molecule has 160 valence electrons. The van der Waals surface area contributed by atoms with Gasteiger partial charge in [0, 0.05) is 45.5 Å². The van der Waals surface area contributed by atoms with Crippen molar-refractivity contribution in [1.82, 2.24) is 14.3 Å². The van der Waals surface area contributed by atoms with Gasteiger partial charge in [0.2, 0.25) is 0 Å². The highest BCUT2D eigenvalue weighted by Crippen LogP contribution is 2.20. The quantitative estimate of drug-likeness (QED) is 0.543. The maximum atomic E-state index is 13.0. The van der Waals surface area contributed by atoms with Gasteiger partial charge in [-0.3, -0.25) is 14.2 Å². The molecule has 3 heterocycles. The number of hydrogen-bond acceptors (Lipinski definition) is 5. The lowest BCUT2D eigenvalue weighted by Gasteiger charge is -2.35. The predicted molar refractivity (Wildman–Crippen MR) is 126 cm³/mol. The highest BCUT2D eigenvalue weighted by atomic mass is 16.1. The van der Waals surface area contributed by atoms with Crippen molar-refractivity contribution in [2.24, 2.45) is 4.99 Å². The Kier molecular flexibility index (Phi) is 6.87. The van der Waals surface area contributed by atoms with Crippen LogP contribution in [0.15, 0.2) is 51.9 Å². The lowest BCUT2D eigenvalue weighted by molar-refractivity contribution is 0.271. The molecule has 1 fully saturated rings. The molecule has 2 aromatic rings. The van der Waals surface area contributed by atoms with Gasteiger partial charge in [-0.2, -0.15) is 0 Å². The van der Waals surface area contributed by atoms with Crippen molar-refractivity contribution in [3.05, 3.63) is 63.7 Å². The molecule has 0 atom stereocenters. The zero-order chi connectivity index (χ0) is 21.8. The minimum absolute atomic E-state index is 0.0892. The Morgan fingerprint density at radius 1 is 1.23 bits per heavy atom. The molecule has 0 saturated carbocycles. The molecule has 0 spiro atoms. The van der Waals surface area contributed by atoms with Gasteiger partial charge in [-0.05, 0) is 50.1 Å². The minimum Gasteiger partial charge on any atom is -0.368 e. The van der Waals surface area contributed by atoms with Gasteiger partial charge in [0.1, 0.15) is 5.65 Å². The third kappa shape index (κ3) is 4.54. The Bertz CT molecular complexity index is 1060. The summed E-state index contributed by atoms with van der Waals surface area (Å²) >= 11 is 0. The van der Waals surface area contributed by atoms with E-state index in [1.807, 2.05) is 26.1 Å². The third-order valence-corrected chi connectivity index (χ3v) is 5.96. The number of aliphatic imine (C=N–C) groups is 1. The van der Waals surface area contributed by atoms with E-state index in [0.717, 1.165) is 61.5 Å². The smallest absolute Gasteiger partial charge is 0.258 e. The van der Waals surface area contributed by atoms with Gasteiger partial charge in [0.25, 0.3) is 5.56 Å². The summed E-state index contributed by atoms with van der Waals surface area (Å²) < 4.78 is 1.66. The molecule has 0 bridgehead atoms. The molecule has 1 saturated heterocycles. The first-order valence-corrected chi connectivity index (χ1v) is 10.7. The molecule has 0 N–H and O–H groups in total. The number of pyridine rings is 1. The normalized spacial score (nSPS) is 16.4. The second kappa shape index (κ2) is 9.39. The zero-order valence-corrected chi connectivity index (χ0v) is 18.9. The van der Waals surface area contributed by atoms with Gasteiger partial charge in [0.05, 0.1) is 17.1 Å². The third-order valence-electron chi connectivity index (χ3n) is 5.96. The Morgan fingerprint density at radius 2 is 1.93 bits per heavy atom. The second-order valence-electron chi connectivity index (χ2n) is 7.87. The maximum absolute atomic E-state index is 13.0. The second-order valence-corrected chi connectivity index (χ2v) is 7.87. The molecule has 30 heavy (non-hydrogen) atoms. The maximum Gasteiger partial charge on any atom is 0.258 e. The van der Waals surface area contributed by atoms with Crippen LogP contribution < -0.4 is 10.5 Å². The lowest BCUT2D eigenvalue weighted by atomic mass is 10.0. The van der Waals surface area contributed by atoms with Gasteiger partial charge >= 0.3 is 0 Å². The van der Waals surface area contributed by atoms with Crippen molar-refractivity contribution in [3.8, 4) is 0 Å². The van der Waals surface area contributed by atoms with Crippen molar-refractivity contribution in [2.75, 3.05) is 44.7 Å². The molecule has 6 nitrogen and oxygen atoms in total. The number of fused-ring (bicyclic) bond motifs is 1. The molecular formula is C24H33N5O. The summed E-state index contributed by atoms with van der Waals surface area (Å²) in [6.45, 7) is 17.5. The summed E-state index contributed by atoms with van der Waals surface area (Å²) in [7, 11) is 1.73. The fourth-order valence-corrected chi connectivity index (χ4v) is 3.82. The van der Waals surface area contributed by atoms with Crippen LogP contribution in [0.3, 0.4) is 0 Å². The van der Waals surface area contributed by atoms with E-state index in [0.29, 0.717) is 17.1 Å². The highest BCUT2D eigenvalue weighted by Gasteiger charge is 2.18. The number of allylic oxidation sites excluding steroid dienone is 3. The van der Waals surface area contributed by atoms with E-state index in [9.17, 15) is 4.79 Å². The van der Waals surface area contributed by atoms with Gasteiger partial charge < -0.3 is 9.80 Å². The number of aryl methyl sites for hydroxylation is 1. The van der Waals surface area contributed by atoms with E-state index in [2.05, 4.69) is 41.3 Å².